The molecule has 0 spiro atoms. The van der Waals surface area contributed by atoms with Gasteiger partial charge >= 0.3 is 0 Å². The lowest BCUT2D eigenvalue weighted by Gasteiger charge is -2.20. The van der Waals surface area contributed by atoms with Gasteiger partial charge in [-0.05, 0) is 65.3 Å². The molecule has 3 heterocycles. The van der Waals surface area contributed by atoms with Crippen LogP contribution >= 0.6 is 0 Å². The maximum atomic E-state index is 5.26. The van der Waals surface area contributed by atoms with E-state index < -0.39 is 16.1 Å². The van der Waals surface area contributed by atoms with Crippen molar-refractivity contribution in [2.75, 3.05) is 0 Å². The van der Waals surface area contributed by atoms with Crippen LogP contribution in [0.2, 0.25) is 26.2 Å². The van der Waals surface area contributed by atoms with E-state index in [1.807, 2.05) is 18.2 Å². The molecule has 0 unspecified atom stereocenters. The molecule has 0 N–H and O–H groups in total. The molecule has 0 radical (unpaired) electrons. The van der Waals surface area contributed by atoms with Crippen molar-refractivity contribution < 1.29 is 0 Å². The quantitative estimate of drug-likeness (QED) is 0.166. The van der Waals surface area contributed by atoms with Crippen LogP contribution < -0.4 is 20.7 Å². The van der Waals surface area contributed by atoms with Crippen molar-refractivity contribution in [1.29, 1.82) is 0 Å². The first-order chi connectivity index (χ1) is 26.3. The van der Waals surface area contributed by atoms with Gasteiger partial charge in [0.15, 0.2) is 17.5 Å². The normalized spacial score (nSPS) is 14.2. The molecule has 8 aromatic rings. The SMILES string of the molecule is C[Si]1(C)c2cc(-c3ccccc3)ccc2-c2ccc(-c3nc(-c4ccccc4)nc(-c4ccc5c(c4)[Si](C)(C)c4cc(-c6ccccc6)ccc4-5)n3)cc21. The highest BCUT2D eigenvalue weighted by molar-refractivity contribution is 7.04. The van der Waals surface area contributed by atoms with Crippen LogP contribution in [0.1, 0.15) is 0 Å². The molecule has 0 atom stereocenters. The summed E-state index contributed by atoms with van der Waals surface area (Å²) in [6, 6.07) is 59.5. The Morgan fingerprint density at radius 1 is 0.278 bits per heavy atom. The van der Waals surface area contributed by atoms with Crippen LogP contribution in [0.5, 0.6) is 0 Å². The van der Waals surface area contributed by atoms with Gasteiger partial charge in [0.2, 0.25) is 0 Å². The second kappa shape index (κ2) is 12.3. The van der Waals surface area contributed by atoms with Gasteiger partial charge in [-0.2, -0.15) is 0 Å². The zero-order chi connectivity index (χ0) is 36.6. The molecule has 5 heteroatoms. The predicted molar refractivity (Wildman–Crippen MR) is 231 cm³/mol. The van der Waals surface area contributed by atoms with Crippen LogP contribution in [-0.4, -0.2) is 31.1 Å². The van der Waals surface area contributed by atoms with Gasteiger partial charge in [0, 0.05) is 16.7 Å². The largest absolute Gasteiger partial charge is 0.208 e. The Hall–Kier alpha value is -6.02. The van der Waals surface area contributed by atoms with Crippen molar-refractivity contribution in [3.05, 3.63) is 164 Å². The van der Waals surface area contributed by atoms with Crippen molar-refractivity contribution in [2.45, 2.75) is 26.2 Å². The third-order valence-corrected chi connectivity index (χ3v) is 18.8. The van der Waals surface area contributed by atoms with Gasteiger partial charge in [-0.15, -0.1) is 0 Å². The summed E-state index contributed by atoms with van der Waals surface area (Å²) in [5.74, 6) is 2.11. The fourth-order valence-electron chi connectivity index (χ4n) is 8.72. The Balaban J connectivity index is 1.07. The summed E-state index contributed by atoms with van der Waals surface area (Å²) < 4.78 is 0. The molecule has 10 rings (SSSR count). The third kappa shape index (κ3) is 5.18. The molecule has 0 fully saturated rings. The number of hydrogen-bond acceptors (Lipinski definition) is 3. The number of rotatable bonds is 5. The van der Waals surface area contributed by atoms with Gasteiger partial charge in [-0.3, -0.25) is 0 Å². The van der Waals surface area contributed by atoms with Crippen LogP contribution in [0.15, 0.2) is 164 Å². The summed E-state index contributed by atoms with van der Waals surface area (Å²) >= 11 is 0. The number of nitrogens with zero attached hydrogens (tertiary/aromatic N) is 3. The molecule has 0 aliphatic carbocycles. The van der Waals surface area contributed by atoms with E-state index in [-0.39, 0.29) is 0 Å². The van der Waals surface area contributed by atoms with Gasteiger partial charge < -0.3 is 0 Å². The van der Waals surface area contributed by atoms with E-state index in [1.54, 1.807) is 0 Å². The number of aromatic nitrogens is 3. The first-order valence-electron chi connectivity index (χ1n) is 18.8. The van der Waals surface area contributed by atoms with Crippen molar-refractivity contribution in [3.8, 4) is 78.7 Å². The molecule has 7 aromatic carbocycles. The second-order valence-electron chi connectivity index (χ2n) is 15.7. The maximum Gasteiger partial charge on any atom is 0.164 e. The molecule has 0 saturated heterocycles. The summed E-state index contributed by atoms with van der Waals surface area (Å²) in [7, 11) is -4.03. The smallest absolute Gasteiger partial charge is 0.164 e. The Labute approximate surface area is 319 Å². The summed E-state index contributed by atoms with van der Waals surface area (Å²) in [5.41, 5.74) is 13.5. The molecule has 54 heavy (non-hydrogen) atoms. The van der Waals surface area contributed by atoms with Crippen LogP contribution in [0.4, 0.5) is 0 Å². The zero-order valence-electron chi connectivity index (χ0n) is 30.9. The summed E-state index contributed by atoms with van der Waals surface area (Å²) in [4.78, 5) is 15.6. The summed E-state index contributed by atoms with van der Waals surface area (Å²) in [6.45, 7) is 9.89. The molecule has 3 nitrogen and oxygen atoms in total. The fraction of sp³-hybridized carbons (Fsp3) is 0.0816. The second-order valence-corrected chi connectivity index (χ2v) is 24.4. The average Bonchev–Trinajstić information content (AvgIpc) is 3.59. The highest BCUT2D eigenvalue weighted by Gasteiger charge is 2.39. The molecule has 1 aromatic heterocycles. The Morgan fingerprint density at radius 2 is 0.556 bits per heavy atom. The Kier molecular flexibility index (Phi) is 7.41. The summed E-state index contributed by atoms with van der Waals surface area (Å²) in [5, 5.41) is 5.83. The van der Waals surface area contributed by atoms with Crippen LogP contribution in [0.3, 0.4) is 0 Å². The van der Waals surface area contributed by atoms with Crippen molar-refractivity contribution in [2.24, 2.45) is 0 Å². The Morgan fingerprint density at radius 3 is 0.907 bits per heavy atom. The molecule has 0 bridgehead atoms. The first kappa shape index (κ1) is 32.6. The van der Waals surface area contributed by atoms with Crippen LogP contribution in [0.25, 0.3) is 78.7 Å². The van der Waals surface area contributed by atoms with Gasteiger partial charge in [-0.25, -0.2) is 15.0 Å². The predicted octanol–water partition coefficient (Wildman–Crippen LogP) is 9.81. The van der Waals surface area contributed by atoms with Crippen molar-refractivity contribution in [3.63, 3.8) is 0 Å². The fourth-order valence-corrected chi connectivity index (χ4v) is 14.9. The van der Waals surface area contributed by atoms with Crippen LogP contribution in [-0.2, 0) is 0 Å². The maximum absolute atomic E-state index is 5.26. The minimum atomic E-state index is -2.02. The zero-order valence-corrected chi connectivity index (χ0v) is 32.9. The number of hydrogen-bond donors (Lipinski definition) is 0. The molecular formula is C49H39N3Si2. The van der Waals surface area contributed by atoms with Crippen LogP contribution in [0, 0.1) is 0 Å². The summed E-state index contributed by atoms with van der Waals surface area (Å²) in [6.07, 6.45) is 0. The highest BCUT2D eigenvalue weighted by Crippen LogP contribution is 2.36. The number of fused-ring (bicyclic) bond motifs is 6. The minimum absolute atomic E-state index is 0.691. The minimum Gasteiger partial charge on any atom is -0.208 e. The van der Waals surface area contributed by atoms with E-state index in [2.05, 4.69) is 172 Å². The lowest BCUT2D eigenvalue weighted by atomic mass is 9.99. The monoisotopic (exact) mass is 725 g/mol. The molecular weight excluding hydrogens is 687 g/mol. The lowest BCUT2D eigenvalue weighted by molar-refractivity contribution is 1.07. The van der Waals surface area contributed by atoms with E-state index in [4.69, 9.17) is 15.0 Å². The average molecular weight is 726 g/mol. The van der Waals surface area contributed by atoms with E-state index in [9.17, 15) is 0 Å². The van der Waals surface area contributed by atoms with Gasteiger partial charge in [0.05, 0.1) is 0 Å². The third-order valence-electron chi connectivity index (χ3n) is 11.8. The molecule has 2 aliphatic heterocycles. The molecule has 0 amide bonds. The lowest BCUT2D eigenvalue weighted by Crippen LogP contribution is -2.49. The highest BCUT2D eigenvalue weighted by atomic mass is 28.3. The molecule has 2 aliphatic rings. The van der Waals surface area contributed by atoms with Gasteiger partial charge in [-0.1, -0.05) is 190 Å². The number of benzene rings is 7. The first-order valence-corrected chi connectivity index (χ1v) is 24.8. The van der Waals surface area contributed by atoms with E-state index in [0.717, 1.165) is 16.7 Å². The van der Waals surface area contributed by atoms with E-state index >= 15 is 0 Å². The van der Waals surface area contributed by atoms with Gasteiger partial charge in [0.1, 0.15) is 16.1 Å². The van der Waals surface area contributed by atoms with E-state index in [1.165, 1.54) is 65.3 Å². The topological polar surface area (TPSA) is 38.7 Å². The van der Waals surface area contributed by atoms with Crippen molar-refractivity contribution >= 4 is 36.9 Å². The van der Waals surface area contributed by atoms with E-state index in [0.29, 0.717) is 17.5 Å². The van der Waals surface area contributed by atoms with Crippen molar-refractivity contribution in [1.82, 2.24) is 15.0 Å². The molecule has 0 saturated carbocycles. The standard InChI is InChI=1S/C49H39N3Si2/c1-53(2)43-28-35(32-14-8-5-9-15-32)20-24-39(43)41-26-22-37(30-45(41)53)48-50-47(34-18-12-7-13-19-34)51-49(52-48)38-23-27-42-40-25-21-36(33-16-10-6-11-17-33)29-44(40)54(3,4)46(42)31-38/h5-31H,1-4H3. The molecule has 258 valence electrons. The van der Waals surface area contributed by atoms with Gasteiger partial charge in [0.25, 0.3) is 0 Å². The Bertz CT molecular complexity index is 2590.